The van der Waals surface area contributed by atoms with Crippen LogP contribution in [-0.4, -0.2) is 24.6 Å². The second-order valence-corrected chi connectivity index (χ2v) is 6.45. The van der Waals surface area contributed by atoms with Crippen LogP contribution < -0.4 is 10.6 Å². The molecule has 3 N–H and O–H groups in total. The van der Waals surface area contributed by atoms with Crippen molar-refractivity contribution in [3.8, 4) is 0 Å². The van der Waals surface area contributed by atoms with Gasteiger partial charge in [-0.15, -0.1) is 0 Å². The molecule has 1 fully saturated rings. The zero-order chi connectivity index (χ0) is 14.5. The Bertz CT molecular complexity index is 484. The van der Waals surface area contributed by atoms with Crippen LogP contribution in [0.25, 0.3) is 0 Å². The molecule has 5 heteroatoms. The summed E-state index contributed by atoms with van der Waals surface area (Å²) in [6.07, 6.45) is 6.66. The Hall–Kier alpha value is -1.23. The molecule has 110 valence electrons. The molecule has 2 rings (SSSR count). The largest absolute Gasteiger partial charge is 0.409 e. The molecule has 0 radical (unpaired) electrons. The van der Waals surface area contributed by atoms with Crippen molar-refractivity contribution in [1.29, 1.82) is 0 Å². The number of amidine groups is 1. The molecule has 0 aliphatic heterocycles. The summed E-state index contributed by atoms with van der Waals surface area (Å²) in [5.74, 6) is 0.898. The Morgan fingerprint density at radius 3 is 2.75 bits per heavy atom. The SMILES string of the molecule is CN(CC1CCCCC1)c1ccc(Br)cc1/C(N)=N/O. The van der Waals surface area contributed by atoms with E-state index in [1.54, 1.807) is 0 Å². The molecule has 4 nitrogen and oxygen atoms in total. The van der Waals surface area contributed by atoms with Crippen LogP contribution in [0.15, 0.2) is 27.8 Å². The highest BCUT2D eigenvalue weighted by Crippen LogP contribution is 2.28. The quantitative estimate of drug-likeness (QED) is 0.381. The predicted molar refractivity (Wildman–Crippen MR) is 86.5 cm³/mol. The first-order valence-electron chi connectivity index (χ1n) is 7.10. The number of hydrogen-bond donors (Lipinski definition) is 2. The molecule has 0 amide bonds. The van der Waals surface area contributed by atoms with Crippen LogP contribution in [0.5, 0.6) is 0 Å². The lowest BCUT2D eigenvalue weighted by Gasteiger charge is -2.29. The topological polar surface area (TPSA) is 61.8 Å². The molecule has 0 atom stereocenters. The van der Waals surface area contributed by atoms with Gasteiger partial charge in [0.05, 0.1) is 0 Å². The average molecular weight is 340 g/mol. The Morgan fingerprint density at radius 1 is 1.40 bits per heavy atom. The van der Waals surface area contributed by atoms with Crippen molar-refractivity contribution in [3.05, 3.63) is 28.2 Å². The number of oxime groups is 1. The maximum absolute atomic E-state index is 8.94. The van der Waals surface area contributed by atoms with Gasteiger partial charge in [-0.2, -0.15) is 0 Å². The van der Waals surface area contributed by atoms with Crippen LogP contribution >= 0.6 is 15.9 Å². The number of benzene rings is 1. The molecule has 0 unspecified atom stereocenters. The second kappa shape index (κ2) is 6.97. The molecule has 0 saturated heterocycles. The Morgan fingerprint density at radius 2 is 2.10 bits per heavy atom. The van der Waals surface area contributed by atoms with E-state index >= 15 is 0 Å². The minimum Gasteiger partial charge on any atom is -0.409 e. The molecule has 1 aromatic rings. The maximum atomic E-state index is 8.94. The number of halogens is 1. The van der Waals surface area contributed by atoms with E-state index in [1.165, 1.54) is 32.1 Å². The molecular formula is C15H22BrN3O. The first kappa shape index (κ1) is 15.2. The lowest BCUT2D eigenvalue weighted by molar-refractivity contribution is 0.318. The maximum Gasteiger partial charge on any atom is 0.172 e. The van der Waals surface area contributed by atoms with Crippen molar-refractivity contribution in [2.75, 3.05) is 18.5 Å². The first-order valence-corrected chi connectivity index (χ1v) is 7.89. The number of rotatable bonds is 4. The van der Waals surface area contributed by atoms with E-state index in [4.69, 9.17) is 10.9 Å². The van der Waals surface area contributed by atoms with Crippen LogP contribution in [-0.2, 0) is 0 Å². The molecule has 1 aliphatic carbocycles. The van der Waals surface area contributed by atoms with E-state index in [1.807, 2.05) is 18.2 Å². The first-order chi connectivity index (χ1) is 9.61. The van der Waals surface area contributed by atoms with Crippen LogP contribution in [0.3, 0.4) is 0 Å². The van der Waals surface area contributed by atoms with Crippen LogP contribution in [0.2, 0.25) is 0 Å². The van der Waals surface area contributed by atoms with E-state index in [9.17, 15) is 0 Å². The number of anilines is 1. The van der Waals surface area contributed by atoms with E-state index in [0.717, 1.165) is 28.2 Å². The monoisotopic (exact) mass is 339 g/mol. The lowest BCUT2D eigenvalue weighted by Crippen LogP contribution is -2.29. The highest BCUT2D eigenvalue weighted by molar-refractivity contribution is 9.10. The van der Waals surface area contributed by atoms with E-state index < -0.39 is 0 Å². The molecule has 20 heavy (non-hydrogen) atoms. The normalized spacial score (nSPS) is 17.2. The van der Waals surface area contributed by atoms with Gasteiger partial charge >= 0.3 is 0 Å². The molecule has 1 aliphatic rings. The van der Waals surface area contributed by atoms with Crippen molar-refractivity contribution in [1.82, 2.24) is 0 Å². The van der Waals surface area contributed by atoms with Crippen molar-refractivity contribution < 1.29 is 5.21 Å². The smallest absolute Gasteiger partial charge is 0.172 e. The molecule has 0 bridgehead atoms. The zero-order valence-electron chi connectivity index (χ0n) is 11.8. The Balaban J connectivity index is 2.18. The van der Waals surface area contributed by atoms with Gasteiger partial charge in [-0.25, -0.2) is 0 Å². The van der Waals surface area contributed by atoms with Crippen molar-refractivity contribution >= 4 is 27.5 Å². The van der Waals surface area contributed by atoms with Gasteiger partial charge < -0.3 is 15.8 Å². The highest BCUT2D eigenvalue weighted by atomic mass is 79.9. The number of nitrogens with two attached hydrogens (primary N) is 1. The van der Waals surface area contributed by atoms with Gasteiger partial charge in [0.1, 0.15) is 0 Å². The molecule has 0 heterocycles. The standard InChI is InChI=1S/C15H22BrN3O/c1-19(10-11-5-3-2-4-6-11)14-8-7-12(16)9-13(14)15(17)18-20/h7-9,11,20H,2-6,10H2,1H3,(H2,17,18). The minimum atomic E-state index is 0.150. The summed E-state index contributed by atoms with van der Waals surface area (Å²) < 4.78 is 0.925. The minimum absolute atomic E-state index is 0.150. The third-order valence-electron chi connectivity index (χ3n) is 4.01. The molecule has 0 aromatic heterocycles. The van der Waals surface area contributed by atoms with Gasteiger partial charge in [-0.3, -0.25) is 0 Å². The van der Waals surface area contributed by atoms with Gasteiger partial charge in [0.15, 0.2) is 5.84 Å². The van der Waals surface area contributed by atoms with Crippen molar-refractivity contribution in [3.63, 3.8) is 0 Å². The second-order valence-electron chi connectivity index (χ2n) is 5.53. The fraction of sp³-hybridized carbons (Fsp3) is 0.533. The zero-order valence-corrected chi connectivity index (χ0v) is 13.4. The summed E-state index contributed by atoms with van der Waals surface area (Å²) in [4.78, 5) is 2.22. The van der Waals surface area contributed by atoms with Crippen LogP contribution in [0.1, 0.15) is 37.7 Å². The van der Waals surface area contributed by atoms with E-state index in [-0.39, 0.29) is 5.84 Å². The Labute approximate surface area is 128 Å². The van der Waals surface area contributed by atoms with Gasteiger partial charge in [0.2, 0.25) is 0 Å². The van der Waals surface area contributed by atoms with E-state index in [2.05, 4.69) is 33.0 Å². The molecule has 0 spiro atoms. The number of nitrogens with zero attached hydrogens (tertiary/aromatic N) is 2. The molecule has 1 aromatic carbocycles. The fourth-order valence-corrected chi connectivity index (χ4v) is 3.32. The van der Waals surface area contributed by atoms with Crippen molar-refractivity contribution in [2.45, 2.75) is 32.1 Å². The third-order valence-corrected chi connectivity index (χ3v) is 4.50. The molecule has 1 saturated carbocycles. The van der Waals surface area contributed by atoms with Gasteiger partial charge in [-0.1, -0.05) is 40.3 Å². The van der Waals surface area contributed by atoms with Crippen molar-refractivity contribution in [2.24, 2.45) is 16.8 Å². The average Bonchev–Trinajstić information content (AvgIpc) is 2.47. The predicted octanol–water partition coefficient (Wildman–Crippen LogP) is 3.56. The van der Waals surface area contributed by atoms with Gasteiger partial charge in [0.25, 0.3) is 0 Å². The summed E-state index contributed by atoms with van der Waals surface area (Å²) in [7, 11) is 2.08. The van der Waals surface area contributed by atoms with Crippen LogP contribution in [0.4, 0.5) is 5.69 Å². The highest BCUT2D eigenvalue weighted by Gasteiger charge is 2.18. The molecular weight excluding hydrogens is 318 g/mol. The van der Waals surface area contributed by atoms with Gasteiger partial charge in [0, 0.05) is 29.3 Å². The van der Waals surface area contributed by atoms with Crippen LogP contribution in [0, 0.1) is 5.92 Å². The third kappa shape index (κ3) is 3.66. The fourth-order valence-electron chi connectivity index (χ4n) is 2.96. The summed E-state index contributed by atoms with van der Waals surface area (Å²) in [6, 6.07) is 5.89. The lowest BCUT2D eigenvalue weighted by atomic mass is 9.89. The van der Waals surface area contributed by atoms with Gasteiger partial charge in [-0.05, 0) is 37.0 Å². The summed E-state index contributed by atoms with van der Waals surface area (Å²) >= 11 is 3.43. The summed E-state index contributed by atoms with van der Waals surface area (Å²) in [6.45, 7) is 1.02. The Kier molecular flexibility index (Phi) is 5.29. The summed E-state index contributed by atoms with van der Waals surface area (Å²) in [5, 5.41) is 12.1. The summed E-state index contributed by atoms with van der Waals surface area (Å²) in [5.41, 5.74) is 7.56. The van der Waals surface area contributed by atoms with E-state index in [0.29, 0.717) is 0 Å². The number of hydrogen-bond acceptors (Lipinski definition) is 3.